The van der Waals surface area contributed by atoms with Gasteiger partial charge in [0.2, 0.25) is 0 Å². The molecule has 0 unspecified atom stereocenters. The third kappa shape index (κ3) is 3.20. The van der Waals surface area contributed by atoms with Crippen molar-refractivity contribution in [1.29, 1.82) is 0 Å². The normalized spacial score (nSPS) is 9.71. The molecule has 1 heterocycles. The number of rotatable bonds is 5. The average molecular weight is 188 g/mol. The summed E-state index contributed by atoms with van der Waals surface area (Å²) in [5.41, 5.74) is 2.44. The molecule has 0 amide bonds. The van der Waals surface area contributed by atoms with Crippen LogP contribution in [0.15, 0.2) is 18.3 Å². The maximum atomic E-state index is 5.16. The molecular weight excluding hydrogens is 172 g/mol. The summed E-state index contributed by atoms with van der Waals surface area (Å²) >= 11 is 0. The Hall–Kier alpha value is -1.33. The molecule has 2 heteroatoms. The second-order valence-electron chi connectivity index (χ2n) is 3.09. The van der Waals surface area contributed by atoms with E-state index >= 15 is 0 Å². The first-order chi connectivity index (χ1) is 6.88. The zero-order chi connectivity index (χ0) is 10.2. The van der Waals surface area contributed by atoms with Crippen LogP contribution in [-0.2, 0) is 13.0 Å². The van der Waals surface area contributed by atoms with Crippen LogP contribution in [-0.4, -0.2) is 11.5 Å². The molecule has 0 spiro atoms. The lowest BCUT2D eigenvalue weighted by molar-refractivity contribution is 0.681. The van der Waals surface area contributed by atoms with Crippen molar-refractivity contribution in [2.75, 3.05) is 6.54 Å². The fourth-order valence-electron chi connectivity index (χ4n) is 1.32. The zero-order valence-corrected chi connectivity index (χ0v) is 8.59. The predicted octanol–water partition coefficient (Wildman–Crippen LogP) is 1.76. The number of nitrogens with one attached hydrogen (secondary N) is 1. The summed E-state index contributed by atoms with van der Waals surface area (Å²) in [7, 11) is 0. The summed E-state index contributed by atoms with van der Waals surface area (Å²) in [5.74, 6) is 2.60. The van der Waals surface area contributed by atoms with Gasteiger partial charge in [-0.1, -0.05) is 13.0 Å². The Morgan fingerprint density at radius 2 is 2.43 bits per heavy atom. The van der Waals surface area contributed by atoms with Crippen molar-refractivity contribution in [3.63, 3.8) is 0 Å². The Balaban J connectivity index is 2.46. The van der Waals surface area contributed by atoms with Crippen LogP contribution in [0, 0.1) is 12.3 Å². The van der Waals surface area contributed by atoms with Crippen LogP contribution in [0.1, 0.15) is 24.6 Å². The molecule has 1 rings (SSSR count). The van der Waals surface area contributed by atoms with Gasteiger partial charge in [-0.2, -0.15) is 0 Å². The Morgan fingerprint density at radius 3 is 3.14 bits per heavy atom. The van der Waals surface area contributed by atoms with Gasteiger partial charge in [-0.3, -0.25) is 4.98 Å². The van der Waals surface area contributed by atoms with Crippen LogP contribution in [0.4, 0.5) is 0 Å². The summed E-state index contributed by atoms with van der Waals surface area (Å²) < 4.78 is 0. The van der Waals surface area contributed by atoms with Gasteiger partial charge in [-0.25, -0.2) is 0 Å². The average Bonchev–Trinajstić information content (AvgIpc) is 2.25. The number of aryl methyl sites for hydroxylation is 1. The van der Waals surface area contributed by atoms with Crippen molar-refractivity contribution in [2.45, 2.75) is 26.3 Å². The lowest BCUT2D eigenvalue weighted by atomic mass is 10.1. The highest BCUT2D eigenvalue weighted by Crippen LogP contribution is 2.05. The molecule has 1 aromatic heterocycles. The van der Waals surface area contributed by atoms with Crippen LogP contribution in [0.2, 0.25) is 0 Å². The first kappa shape index (κ1) is 10.7. The molecule has 0 saturated heterocycles. The van der Waals surface area contributed by atoms with E-state index in [2.05, 4.69) is 29.2 Å². The molecular formula is C12H16N2. The largest absolute Gasteiger partial charge is 0.310 e. The predicted molar refractivity (Wildman–Crippen MR) is 58.8 cm³/mol. The quantitative estimate of drug-likeness (QED) is 0.562. The minimum absolute atomic E-state index is 0.772. The monoisotopic (exact) mass is 188 g/mol. The summed E-state index contributed by atoms with van der Waals surface area (Å²) in [6, 6.07) is 4.09. The third-order valence-corrected chi connectivity index (χ3v) is 2.10. The molecule has 1 N–H and O–H groups in total. The molecule has 0 atom stereocenters. The van der Waals surface area contributed by atoms with Crippen molar-refractivity contribution in [3.8, 4) is 12.3 Å². The van der Waals surface area contributed by atoms with E-state index in [4.69, 9.17) is 6.42 Å². The molecule has 0 aliphatic rings. The van der Waals surface area contributed by atoms with Gasteiger partial charge in [0.05, 0.1) is 5.69 Å². The Bertz CT molecular complexity index is 312. The molecule has 0 aliphatic heterocycles. The number of hydrogen-bond acceptors (Lipinski definition) is 2. The molecule has 0 aromatic carbocycles. The molecule has 1 aromatic rings. The number of hydrogen-bond donors (Lipinski definition) is 1. The van der Waals surface area contributed by atoms with Crippen molar-refractivity contribution >= 4 is 0 Å². The van der Waals surface area contributed by atoms with Gasteiger partial charge < -0.3 is 5.32 Å². The van der Waals surface area contributed by atoms with Crippen molar-refractivity contribution in [2.24, 2.45) is 0 Å². The summed E-state index contributed by atoms with van der Waals surface area (Å²) in [6.45, 7) is 3.81. The van der Waals surface area contributed by atoms with E-state index in [1.807, 2.05) is 12.3 Å². The maximum Gasteiger partial charge on any atom is 0.0573 e. The van der Waals surface area contributed by atoms with E-state index < -0.39 is 0 Å². The number of terminal acetylenes is 1. The third-order valence-electron chi connectivity index (χ3n) is 2.10. The highest BCUT2D eigenvalue weighted by molar-refractivity contribution is 5.19. The first-order valence-corrected chi connectivity index (χ1v) is 4.95. The Kier molecular flexibility index (Phi) is 4.74. The number of nitrogens with zero attached hydrogens (tertiary/aromatic N) is 1. The standard InChI is InChI=1S/C12H16N2/c1-3-5-8-13-10-12-11(4-2)7-6-9-14-12/h1,6-7,9,13H,4-5,8,10H2,2H3. The molecule has 0 radical (unpaired) electrons. The van der Waals surface area contributed by atoms with Crippen LogP contribution in [0.3, 0.4) is 0 Å². The Morgan fingerprint density at radius 1 is 1.57 bits per heavy atom. The van der Waals surface area contributed by atoms with Crippen LogP contribution < -0.4 is 5.32 Å². The van der Waals surface area contributed by atoms with E-state index in [9.17, 15) is 0 Å². The van der Waals surface area contributed by atoms with Gasteiger partial charge in [-0.05, 0) is 18.1 Å². The number of pyridine rings is 1. The maximum absolute atomic E-state index is 5.16. The number of aromatic nitrogens is 1. The molecule has 0 aliphatic carbocycles. The van der Waals surface area contributed by atoms with Crippen LogP contribution in [0.25, 0.3) is 0 Å². The highest BCUT2D eigenvalue weighted by atomic mass is 14.9. The van der Waals surface area contributed by atoms with Gasteiger partial charge in [0.1, 0.15) is 0 Å². The lowest BCUT2D eigenvalue weighted by Gasteiger charge is -2.06. The summed E-state index contributed by atoms with van der Waals surface area (Å²) in [6.07, 6.45) is 8.79. The van der Waals surface area contributed by atoms with E-state index in [0.717, 1.165) is 31.6 Å². The van der Waals surface area contributed by atoms with Gasteiger partial charge in [0, 0.05) is 25.7 Å². The van der Waals surface area contributed by atoms with Crippen LogP contribution in [0.5, 0.6) is 0 Å². The highest BCUT2D eigenvalue weighted by Gasteiger charge is 1.99. The van der Waals surface area contributed by atoms with Gasteiger partial charge in [0.15, 0.2) is 0 Å². The molecule has 2 nitrogen and oxygen atoms in total. The van der Waals surface area contributed by atoms with Crippen molar-refractivity contribution < 1.29 is 0 Å². The van der Waals surface area contributed by atoms with Crippen molar-refractivity contribution in [3.05, 3.63) is 29.6 Å². The minimum atomic E-state index is 0.772. The van der Waals surface area contributed by atoms with Gasteiger partial charge >= 0.3 is 0 Å². The summed E-state index contributed by atoms with van der Waals surface area (Å²) in [4.78, 5) is 4.33. The molecule has 74 valence electrons. The molecule has 0 bridgehead atoms. The SMILES string of the molecule is C#CCCNCc1ncccc1CC. The topological polar surface area (TPSA) is 24.9 Å². The molecule has 14 heavy (non-hydrogen) atoms. The van der Waals surface area contributed by atoms with Gasteiger partial charge in [-0.15, -0.1) is 12.3 Å². The second-order valence-corrected chi connectivity index (χ2v) is 3.09. The second kappa shape index (κ2) is 6.17. The molecule has 0 saturated carbocycles. The van der Waals surface area contributed by atoms with Crippen LogP contribution >= 0.6 is 0 Å². The zero-order valence-electron chi connectivity index (χ0n) is 8.59. The smallest absolute Gasteiger partial charge is 0.0573 e. The fourth-order valence-corrected chi connectivity index (χ4v) is 1.32. The molecule has 0 fully saturated rings. The van der Waals surface area contributed by atoms with E-state index in [-0.39, 0.29) is 0 Å². The van der Waals surface area contributed by atoms with E-state index in [0.29, 0.717) is 0 Å². The fraction of sp³-hybridized carbons (Fsp3) is 0.417. The first-order valence-electron chi connectivity index (χ1n) is 4.95. The van der Waals surface area contributed by atoms with E-state index in [1.54, 1.807) is 0 Å². The summed E-state index contributed by atoms with van der Waals surface area (Å²) in [5, 5.41) is 3.27. The lowest BCUT2D eigenvalue weighted by Crippen LogP contribution is -2.16. The van der Waals surface area contributed by atoms with E-state index in [1.165, 1.54) is 5.56 Å². The minimum Gasteiger partial charge on any atom is -0.310 e. The Labute approximate surface area is 85.8 Å². The van der Waals surface area contributed by atoms with Gasteiger partial charge in [0.25, 0.3) is 0 Å². The van der Waals surface area contributed by atoms with Crippen molar-refractivity contribution in [1.82, 2.24) is 10.3 Å².